The van der Waals surface area contributed by atoms with Crippen molar-refractivity contribution in [2.75, 3.05) is 24.5 Å². The summed E-state index contributed by atoms with van der Waals surface area (Å²) in [5.74, 6) is 1.52. The maximum Gasteiger partial charge on any atom is 0.245 e. The summed E-state index contributed by atoms with van der Waals surface area (Å²) in [5, 5.41) is 11.5. The lowest BCUT2D eigenvalue weighted by molar-refractivity contribution is 0.480. The third-order valence-corrected chi connectivity index (χ3v) is 4.48. The highest BCUT2D eigenvalue weighted by Gasteiger charge is 2.20. The lowest BCUT2D eigenvalue weighted by Gasteiger charge is -2.30. The Balaban J connectivity index is 1.88. The van der Waals surface area contributed by atoms with Crippen LogP contribution in [0.4, 0.5) is 5.95 Å². The molecule has 7 heteroatoms. The number of aromatic nitrogens is 3. The third-order valence-electron chi connectivity index (χ3n) is 3.31. The van der Waals surface area contributed by atoms with Crippen LogP contribution in [0.15, 0.2) is 18.2 Å². The average Bonchev–Trinajstić information content (AvgIpc) is 2.91. The van der Waals surface area contributed by atoms with Gasteiger partial charge in [-0.25, -0.2) is 0 Å². The molecule has 0 aliphatic carbocycles. The van der Waals surface area contributed by atoms with Crippen molar-refractivity contribution in [3.05, 3.63) is 26.8 Å². The summed E-state index contributed by atoms with van der Waals surface area (Å²) >= 11 is 8.33. The molecular formula is C13H15ClIN5. The molecule has 0 spiro atoms. The van der Waals surface area contributed by atoms with Crippen molar-refractivity contribution in [3.8, 4) is 11.4 Å². The fourth-order valence-electron chi connectivity index (χ4n) is 2.31. The quantitative estimate of drug-likeness (QED) is 0.757. The predicted octanol–water partition coefficient (Wildman–Crippen LogP) is 2.53. The van der Waals surface area contributed by atoms with E-state index in [4.69, 9.17) is 11.6 Å². The maximum atomic E-state index is 6.06. The normalized spacial score (nSPS) is 19.4. The molecule has 106 valence electrons. The van der Waals surface area contributed by atoms with E-state index in [1.165, 1.54) is 0 Å². The molecule has 1 aliphatic heterocycles. The number of nitrogens with one attached hydrogen (secondary N) is 2. The zero-order valence-corrected chi connectivity index (χ0v) is 13.9. The van der Waals surface area contributed by atoms with Gasteiger partial charge in [-0.05, 0) is 47.7 Å². The standard InChI is InChI=1S/C13H15ClIN5/c1-8-7-20(5-4-16-8)13-17-12(18-19-13)10-6-9(14)2-3-11(10)15/h2-3,6,8,16H,4-5,7H2,1H3,(H,17,18,19)/t8-/m1/s1. The minimum atomic E-state index is 0.456. The van der Waals surface area contributed by atoms with Crippen molar-refractivity contribution in [2.45, 2.75) is 13.0 Å². The van der Waals surface area contributed by atoms with Crippen molar-refractivity contribution < 1.29 is 0 Å². The number of hydrogen-bond donors (Lipinski definition) is 2. The first-order chi connectivity index (χ1) is 9.63. The average molecular weight is 404 g/mol. The summed E-state index contributed by atoms with van der Waals surface area (Å²) < 4.78 is 1.10. The molecule has 0 amide bonds. The van der Waals surface area contributed by atoms with Gasteiger partial charge in [-0.2, -0.15) is 4.98 Å². The monoisotopic (exact) mass is 403 g/mol. The maximum absolute atomic E-state index is 6.06. The molecule has 5 nitrogen and oxygen atoms in total. The van der Waals surface area contributed by atoms with Crippen molar-refractivity contribution >= 4 is 40.1 Å². The van der Waals surface area contributed by atoms with Crippen LogP contribution in [0.1, 0.15) is 6.92 Å². The first kappa shape index (κ1) is 14.1. The van der Waals surface area contributed by atoms with Gasteiger partial charge in [-0.1, -0.05) is 11.6 Å². The minimum Gasteiger partial charge on any atom is -0.337 e. The summed E-state index contributed by atoms with van der Waals surface area (Å²) in [7, 11) is 0. The number of nitrogens with zero attached hydrogens (tertiary/aromatic N) is 3. The van der Waals surface area contributed by atoms with Crippen LogP contribution in [0.3, 0.4) is 0 Å². The van der Waals surface area contributed by atoms with Gasteiger partial charge in [0.1, 0.15) is 0 Å². The molecule has 0 unspecified atom stereocenters. The van der Waals surface area contributed by atoms with Crippen LogP contribution in [0.5, 0.6) is 0 Å². The number of anilines is 1. The number of benzene rings is 1. The summed E-state index contributed by atoms with van der Waals surface area (Å²) in [6, 6.07) is 6.22. The summed E-state index contributed by atoms with van der Waals surface area (Å²) in [4.78, 5) is 6.80. The van der Waals surface area contributed by atoms with Gasteiger partial charge in [-0.15, -0.1) is 5.10 Å². The number of rotatable bonds is 2. The van der Waals surface area contributed by atoms with E-state index < -0.39 is 0 Å². The minimum absolute atomic E-state index is 0.456. The van der Waals surface area contributed by atoms with Gasteiger partial charge in [-0.3, -0.25) is 5.10 Å². The molecule has 0 bridgehead atoms. The Morgan fingerprint density at radius 3 is 3.10 bits per heavy atom. The highest BCUT2D eigenvalue weighted by Crippen LogP contribution is 2.26. The Kier molecular flexibility index (Phi) is 4.13. The molecule has 2 aromatic rings. The molecule has 1 atom stereocenters. The van der Waals surface area contributed by atoms with E-state index in [1.807, 2.05) is 18.2 Å². The molecule has 2 heterocycles. The molecule has 1 fully saturated rings. The lowest BCUT2D eigenvalue weighted by Crippen LogP contribution is -2.49. The fourth-order valence-corrected chi connectivity index (χ4v) is 3.07. The van der Waals surface area contributed by atoms with Gasteiger partial charge in [0.05, 0.1) is 0 Å². The largest absolute Gasteiger partial charge is 0.337 e. The summed E-state index contributed by atoms with van der Waals surface area (Å²) in [6.07, 6.45) is 0. The van der Waals surface area contributed by atoms with Crippen molar-refractivity contribution in [2.24, 2.45) is 0 Å². The lowest BCUT2D eigenvalue weighted by atomic mass is 10.2. The van der Waals surface area contributed by atoms with Gasteiger partial charge in [0.25, 0.3) is 0 Å². The molecule has 2 N–H and O–H groups in total. The molecule has 20 heavy (non-hydrogen) atoms. The van der Waals surface area contributed by atoms with Crippen LogP contribution in [0, 0.1) is 3.57 Å². The van der Waals surface area contributed by atoms with Crippen LogP contribution < -0.4 is 10.2 Å². The highest BCUT2D eigenvalue weighted by atomic mass is 127. The number of aromatic amines is 1. The Labute approximate surface area is 136 Å². The van der Waals surface area contributed by atoms with Crippen LogP contribution in [-0.2, 0) is 0 Å². The second kappa shape index (κ2) is 5.87. The first-order valence-electron chi connectivity index (χ1n) is 6.49. The topological polar surface area (TPSA) is 56.8 Å². The molecule has 0 radical (unpaired) electrons. The molecule has 1 saturated heterocycles. The van der Waals surface area contributed by atoms with E-state index in [9.17, 15) is 0 Å². The van der Waals surface area contributed by atoms with E-state index in [2.05, 4.69) is 54.9 Å². The first-order valence-corrected chi connectivity index (χ1v) is 7.95. The van der Waals surface area contributed by atoms with Crippen LogP contribution in [0.2, 0.25) is 5.02 Å². The molecule has 1 aromatic carbocycles. The summed E-state index contributed by atoms with van der Waals surface area (Å²) in [5.41, 5.74) is 0.986. The molecule has 0 saturated carbocycles. The predicted molar refractivity (Wildman–Crippen MR) is 89.2 cm³/mol. The third kappa shape index (κ3) is 2.91. The van der Waals surface area contributed by atoms with E-state index in [1.54, 1.807) is 0 Å². The van der Waals surface area contributed by atoms with E-state index in [-0.39, 0.29) is 0 Å². The van der Waals surface area contributed by atoms with Gasteiger partial charge >= 0.3 is 0 Å². The molecule has 1 aliphatic rings. The zero-order valence-electron chi connectivity index (χ0n) is 11.0. The molecular weight excluding hydrogens is 389 g/mol. The number of H-pyrrole nitrogens is 1. The van der Waals surface area contributed by atoms with E-state index >= 15 is 0 Å². The number of piperazine rings is 1. The highest BCUT2D eigenvalue weighted by molar-refractivity contribution is 14.1. The Morgan fingerprint density at radius 2 is 2.30 bits per heavy atom. The van der Waals surface area contributed by atoms with Crippen molar-refractivity contribution in [1.82, 2.24) is 20.5 Å². The number of hydrogen-bond acceptors (Lipinski definition) is 4. The zero-order chi connectivity index (χ0) is 14.1. The van der Waals surface area contributed by atoms with Crippen molar-refractivity contribution in [3.63, 3.8) is 0 Å². The Hall–Kier alpha value is -0.860. The van der Waals surface area contributed by atoms with Gasteiger partial charge in [0.15, 0.2) is 5.82 Å². The van der Waals surface area contributed by atoms with E-state index in [0.29, 0.717) is 11.1 Å². The second-order valence-corrected chi connectivity index (χ2v) is 6.51. The van der Waals surface area contributed by atoms with Gasteiger partial charge < -0.3 is 10.2 Å². The fraction of sp³-hybridized carbons (Fsp3) is 0.385. The summed E-state index contributed by atoms with van der Waals surface area (Å²) in [6.45, 7) is 4.97. The van der Waals surface area contributed by atoms with Crippen LogP contribution in [0.25, 0.3) is 11.4 Å². The molecule has 3 rings (SSSR count). The second-order valence-electron chi connectivity index (χ2n) is 4.91. The van der Waals surface area contributed by atoms with Crippen molar-refractivity contribution in [1.29, 1.82) is 0 Å². The van der Waals surface area contributed by atoms with Gasteiger partial charge in [0, 0.05) is 39.8 Å². The number of halogens is 2. The van der Waals surface area contributed by atoms with Crippen LogP contribution >= 0.6 is 34.2 Å². The Bertz CT molecular complexity index is 615. The van der Waals surface area contributed by atoms with Gasteiger partial charge in [0.2, 0.25) is 5.95 Å². The SMILES string of the molecule is C[C@@H]1CN(c2n[nH]c(-c3cc(Cl)ccc3I)n2)CCN1. The Morgan fingerprint density at radius 1 is 1.45 bits per heavy atom. The van der Waals surface area contributed by atoms with Crippen LogP contribution in [-0.4, -0.2) is 40.9 Å². The van der Waals surface area contributed by atoms with E-state index in [0.717, 1.165) is 40.5 Å². The smallest absolute Gasteiger partial charge is 0.245 e. The molecule has 1 aromatic heterocycles.